The summed E-state index contributed by atoms with van der Waals surface area (Å²) in [5.41, 5.74) is 0.887. The third-order valence-corrected chi connectivity index (χ3v) is 9.03. The second-order valence-electron chi connectivity index (χ2n) is 11.1. The van der Waals surface area contributed by atoms with Gasteiger partial charge in [-0.15, -0.1) is 0 Å². The van der Waals surface area contributed by atoms with Gasteiger partial charge >= 0.3 is 6.18 Å². The van der Waals surface area contributed by atoms with Gasteiger partial charge in [0.2, 0.25) is 8.32 Å². The predicted octanol–water partition coefficient (Wildman–Crippen LogP) is 7.61. The summed E-state index contributed by atoms with van der Waals surface area (Å²) in [6, 6.07) is 5.96. The first kappa shape index (κ1) is 22.7. The van der Waals surface area contributed by atoms with Crippen LogP contribution in [0.4, 0.5) is 13.2 Å². The molecule has 0 amide bonds. The number of hydrogen-bond donors (Lipinski definition) is 0. The molecule has 3 aliphatic carbocycles. The second kappa shape index (κ2) is 7.57. The van der Waals surface area contributed by atoms with Crippen LogP contribution in [0.5, 0.6) is 5.75 Å². The topological polar surface area (TPSA) is 18.5 Å². The Morgan fingerprint density at radius 2 is 1.87 bits per heavy atom. The standard InChI is InChI=1S/C25H35F3O2Si/c1-23-12-6-7-21(23)24(22(25(26,27)28)16-30-31(3,4)5)14-10-17-15-18(29-2)8-9-19(17)20(24)11-13-23/h8-9,15-16,20-21H,6-7,10-14H2,1-5H3/t20-,21-,23+,24+/m1/s1. The summed E-state index contributed by atoms with van der Waals surface area (Å²) in [6.07, 6.45) is 2.64. The highest BCUT2D eigenvalue weighted by molar-refractivity contribution is 6.69. The summed E-state index contributed by atoms with van der Waals surface area (Å²) < 4.78 is 55.6. The van der Waals surface area contributed by atoms with Crippen molar-refractivity contribution in [1.29, 1.82) is 0 Å². The number of hydrogen-bond acceptors (Lipinski definition) is 2. The molecule has 0 radical (unpaired) electrons. The Morgan fingerprint density at radius 3 is 2.52 bits per heavy atom. The lowest BCUT2D eigenvalue weighted by Crippen LogP contribution is -2.52. The first-order valence-corrected chi connectivity index (χ1v) is 14.9. The van der Waals surface area contributed by atoms with Crippen molar-refractivity contribution in [1.82, 2.24) is 0 Å². The van der Waals surface area contributed by atoms with Gasteiger partial charge in [0.25, 0.3) is 0 Å². The molecule has 4 atom stereocenters. The molecule has 0 spiro atoms. The lowest BCUT2D eigenvalue weighted by molar-refractivity contribution is -0.133. The van der Waals surface area contributed by atoms with E-state index in [-0.39, 0.29) is 17.3 Å². The van der Waals surface area contributed by atoms with E-state index in [2.05, 4.69) is 6.92 Å². The zero-order chi connectivity index (χ0) is 22.7. The minimum absolute atomic E-state index is 0.0238. The first-order chi connectivity index (χ1) is 14.4. The Labute approximate surface area is 185 Å². The van der Waals surface area contributed by atoms with Crippen molar-refractivity contribution in [3.8, 4) is 5.75 Å². The molecule has 0 unspecified atom stereocenters. The van der Waals surface area contributed by atoms with Gasteiger partial charge < -0.3 is 9.16 Å². The molecule has 4 rings (SSSR count). The number of allylic oxidation sites excluding steroid dienone is 1. The minimum Gasteiger partial charge on any atom is -0.549 e. The Balaban J connectivity index is 1.91. The van der Waals surface area contributed by atoms with Gasteiger partial charge in [0.15, 0.2) is 0 Å². The number of benzene rings is 1. The van der Waals surface area contributed by atoms with Gasteiger partial charge in [0.1, 0.15) is 5.75 Å². The van der Waals surface area contributed by atoms with E-state index in [0.717, 1.165) is 55.2 Å². The molecule has 1 aromatic carbocycles. The number of rotatable bonds is 4. The summed E-state index contributed by atoms with van der Waals surface area (Å²) in [5.74, 6) is 0.685. The fourth-order valence-electron chi connectivity index (χ4n) is 6.96. The van der Waals surface area contributed by atoms with Crippen LogP contribution in [0.15, 0.2) is 30.0 Å². The molecule has 0 saturated heterocycles. The van der Waals surface area contributed by atoms with Crippen LogP contribution >= 0.6 is 0 Å². The molecule has 0 heterocycles. The maximum atomic E-state index is 14.8. The Hall–Kier alpha value is -1.43. The molecule has 0 aromatic heterocycles. The minimum atomic E-state index is -4.40. The predicted molar refractivity (Wildman–Crippen MR) is 120 cm³/mol. The maximum Gasteiger partial charge on any atom is 0.416 e. The smallest absolute Gasteiger partial charge is 0.416 e. The van der Waals surface area contributed by atoms with E-state index in [4.69, 9.17) is 9.16 Å². The molecule has 2 fully saturated rings. The van der Waals surface area contributed by atoms with E-state index < -0.39 is 25.5 Å². The van der Waals surface area contributed by atoms with Crippen molar-refractivity contribution in [2.45, 2.75) is 83.6 Å². The Bertz CT molecular complexity index is 872. The second-order valence-corrected chi connectivity index (χ2v) is 15.5. The lowest BCUT2D eigenvalue weighted by Gasteiger charge is -2.58. The quantitative estimate of drug-likeness (QED) is 0.346. The number of fused-ring (bicyclic) bond motifs is 5. The van der Waals surface area contributed by atoms with Crippen LogP contribution in [0.1, 0.15) is 62.5 Å². The van der Waals surface area contributed by atoms with Crippen molar-refractivity contribution in [2.75, 3.05) is 7.11 Å². The zero-order valence-electron chi connectivity index (χ0n) is 19.4. The number of aryl methyl sites for hydroxylation is 1. The molecule has 3 aliphatic rings. The van der Waals surface area contributed by atoms with Gasteiger partial charge in [-0.2, -0.15) is 13.2 Å². The zero-order valence-corrected chi connectivity index (χ0v) is 20.4. The SMILES string of the molecule is COc1ccc2c(c1)CC[C@]1(C(=CO[Si](C)(C)C)C(F)(F)F)[C@@H]2CC[C@]2(C)CCC[C@H]21. The van der Waals surface area contributed by atoms with E-state index in [9.17, 15) is 13.2 Å². The fourth-order valence-corrected chi connectivity index (χ4v) is 7.43. The van der Waals surface area contributed by atoms with Gasteiger partial charge in [0.05, 0.1) is 18.9 Å². The summed E-state index contributed by atoms with van der Waals surface area (Å²) in [6.45, 7) is 8.06. The normalized spacial score (nSPS) is 33.4. The van der Waals surface area contributed by atoms with Crippen LogP contribution in [0.25, 0.3) is 0 Å². The van der Waals surface area contributed by atoms with Gasteiger partial charge in [-0.3, -0.25) is 0 Å². The van der Waals surface area contributed by atoms with Crippen LogP contribution in [-0.2, 0) is 10.8 Å². The van der Waals surface area contributed by atoms with Crippen LogP contribution in [-0.4, -0.2) is 21.6 Å². The molecule has 0 N–H and O–H groups in total. The van der Waals surface area contributed by atoms with Crippen LogP contribution in [0.3, 0.4) is 0 Å². The van der Waals surface area contributed by atoms with Crippen molar-refractivity contribution in [3.63, 3.8) is 0 Å². The molecule has 172 valence electrons. The number of alkyl halides is 3. The highest BCUT2D eigenvalue weighted by Crippen LogP contribution is 2.71. The van der Waals surface area contributed by atoms with Crippen LogP contribution < -0.4 is 4.74 Å². The Kier molecular flexibility index (Phi) is 5.55. The molecule has 31 heavy (non-hydrogen) atoms. The van der Waals surface area contributed by atoms with Gasteiger partial charge in [-0.05, 0) is 98.7 Å². The van der Waals surface area contributed by atoms with E-state index >= 15 is 0 Å². The molecule has 1 aromatic rings. The fraction of sp³-hybridized carbons (Fsp3) is 0.680. The van der Waals surface area contributed by atoms with E-state index in [0.29, 0.717) is 12.8 Å². The van der Waals surface area contributed by atoms with Gasteiger partial charge in [0, 0.05) is 5.41 Å². The van der Waals surface area contributed by atoms with E-state index in [1.165, 1.54) is 0 Å². The first-order valence-electron chi connectivity index (χ1n) is 11.5. The molecular weight excluding hydrogens is 417 g/mol. The highest BCUT2D eigenvalue weighted by atomic mass is 28.4. The summed E-state index contributed by atoms with van der Waals surface area (Å²) in [5, 5.41) is 0. The third kappa shape index (κ3) is 3.83. The van der Waals surface area contributed by atoms with Crippen molar-refractivity contribution < 1.29 is 22.3 Å². The number of ether oxygens (including phenoxy) is 1. The van der Waals surface area contributed by atoms with Crippen molar-refractivity contribution >= 4 is 8.32 Å². The molecule has 2 nitrogen and oxygen atoms in total. The average Bonchev–Trinajstić information content (AvgIpc) is 3.08. The van der Waals surface area contributed by atoms with Crippen LogP contribution in [0.2, 0.25) is 19.6 Å². The van der Waals surface area contributed by atoms with Crippen molar-refractivity contribution in [3.05, 3.63) is 41.2 Å². The van der Waals surface area contributed by atoms with Gasteiger partial charge in [-0.1, -0.05) is 19.4 Å². The maximum absolute atomic E-state index is 14.8. The molecule has 0 aliphatic heterocycles. The van der Waals surface area contributed by atoms with Crippen LogP contribution in [0, 0.1) is 16.7 Å². The van der Waals surface area contributed by atoms with E-state index in [1.54, 1.807) is 7.11 Å². The average molecular weight is 453 g/mol. The monoisotopic (exact) mass is 452 g/mol. The molecule has 2 saturated carbocycles. The van der Waals surface area contributed by atoms with Gasteiger partial charge in [-0.25, -0.2) is 0 Å². The van der Waals surface area contributed by atoms with Crippen molar-refractivity contribution in [2.24, 2.45) is 16.7 Å². The summed E-state index contributed by atoms with van der Waals surface area (Å²) in [7, 11) is -0.515. The Morgan fingerprint density at radius 1 is 1.13 bits per heavy atom. The summed E-state index contributed by atoms with van der Waals surface area (Å²) in [4.78, 5) is 0. The largest absolute Gasteiger partial charge is 0.549 e. The van der Waals surface area contributed by atoms with E-state index in [1.807, 2.05) is 37.8 Å². The molecule has 6 heteroatoms. The molecule has 0 bridgehead atoms. The molecular formula is C25H35F3O2Si. The number of halogens is 3. The number of methoxy groups -OCH3 is 1. The summed E-state index contributed by atoms with van der Waals surface area (Å²) >= 11 is 0. The third-order valence-electron chi connectivity index (χ3n) is 8.20. The highest BCUT2D eigenvalue weighted by Gasteiger charge is 2.64. The lowest BCUT2D eigenvalue weighted by atomic mass is 9.45.